The van der Waals surface area contributed by atoms with E-state index in [2.05, 4.69) is 308 Å². The fraction of sp³-hybridized carbons (Fsp3) is 0.0488. The van der Waals surface area contributed by atoms with Crippen molar-refractivity contribution in [1.29, 1.82) is 0 Å². The monoisotopic (exact) mass is 1110 g/mol. The smallest absolute Gasteiger partial charge is 0.252 e. The highest BCUT2D eigenvalue weighted by Crippen LogP contribution is 2.54. The van der Waals surface area contributed by atoms with Gasteiger partial charge >= 0.3 is 0 Å². The van der Waals surface area contributed by atoms with E-state index in [4.69, 9.17) is 8.83 Å². The van der Waals surface area contributed by atoms with Crippen molar-refractivity contribution in [1.82, 2.24) is 0 Å². The number of unbranched alkanes of at least 4 members (excludes halogenated alkanes) is 1. The first-order valence-electron chi connectivity index (χ1n) is 30.5. The Kier molecular flexibility index (Phi) is 12.1. The Bertz CT molecular complexity index is 4730. The average Bonchev–Trinajstić information content (AvgIpc) is 1.30. The third kappa shape index (κ3) is 8.22. The van der Waals surface area contributed by atoms with Crippen molar-refractivity contribution in [2.45, 2.75) is 26.2 Å². The highest BCUT2D eigenvalue weighted by Gasteiger charge is 2.46. The van der Waals surface area contributed by atoms with E-state index >= 15 is 0 Å². The van der Waals surface area contributed by atoms with Gasteiger partial charge in [-0.15, -0.1) is 0 Å². The third-order valence-electron chi connectivity index (χ3n) is 18.2. The molecule has 2 aromatic heterocycles. The number of aryl methyl sites for hydroxylation is 1. The molecule has 0 atom stereocenters. The molecule has 17 rings (SSSR count). The van der Waals surface area contributed by atoms with Gasteiger partial charge in [0.15, 0.2) is 0 Å². The summed E-state index contributed by atoms with van der Waals surface area (Å²) < 4.78 is 13.8. The Balaban J connectivity index is 1.03. The molecular formula is C82H57BN2O2. The van der Waals surface area contributed by atoms with Crippen LogP contribution >= 0.6 is 0 Å². The minimum Gasteiger partial charge on any atom is -0.455 e. The first kappa shape index (κ1) is 50.6. The van der Waals surface area contributed by atoms with Crippen LogP contribution in [0.4, 0.5) is 34.1 Å². The summed E-state index contributed by atoms with van der Waals surface area (Å²) in [6, 6.07) is 107. The molecule has 0 aliphatic carbocycles. The SMILES string of the molecule is CCCCc1cc2c3c(c1)N(c1c(-c4ccccc4)cccc1-c1ccccc1)c1ccc(-c4cccc5c4oc4ccccc45)cc1B3c1cc(-c3cccc4c3oc3ccccc34)ccc1N2c1c(-c2ccccc2)cccc1-c1ccccc1. The van der Waals surface area contributed by atoms with E-state index in [-0.39, 0.29) is 6.71 Å². The maximum absolute atomic E-state index is 6.90. The summed E-state index contributed by atoms with van der Waals surface area (Å²) in [5.41, 5.74) is 28.9. The van der Waals surface area contributed by atoms with Crippen molar-refractivity contribution in [2.75, 3.05) is 9.80 Å². The number of benzene rings is 13. The van der Waals surface area contributed by atoms with Gasteiger partial charge in [-0.2, -0.15) is 0 Å². The summed E-state index contributed by atoms with van der Waals surface area (Å²) >= 11 is 0. The van der Waals surface area contributed by atoms with Gasteiger partial charge in [0.25, 0.3) is 6.71 Å². The summed E-state index contributed by atoms with van der Waals surface area (Å²) in [6.45, 7) is 2.06. The Hall–Kier alpha value is -10.9. The molecule has 13 aromatic carbocycles. The lowest BCUT2D eigenvalue weighted by molar-refractivity contribution is 0.669. The molecule has 410 valence electrons. The fourth-order valence-corrected chi connectivity index (χ4v) is 14.3. The average molecular weight is 1110 g/mol. The second-order valence-corrected chi connectivity index (χ2v) is 23.2. The van der Waals surface area contributed by atoms with E-state index in [0.29, 0.717) is 0 Å². The van der Waals surface area contributed by atoms with Crippen LogP contribution in [0.3, 0.4) is 0 Å². The van der Waals surface area contributed by atoms with E-state index in [1.807, 2.05) is 0 Å². The number of nitrogens with zero attached hydrogens (tertiary/aromatic N) is 2. The van der Waals surface area contributed by atoms with Crippen molar-refractivity contribution in [3.8, 4) is 66.8 Å². The Labute approximate surface area is 506 Å². The maximum atomic E-state index is 6.90. The highest BCUT2D eigenvalue weighted by molar-refractivity contribution is 7.00. The molecule has 0 radical (unpaired) electrons. The minimum absolute atomic E-state index is 0.245. The predicted octanol–water partition coefficient (Wildman–Crippen LogP) is 20.9. The van der Waals surface area contributed by atoms with E-state index in [9.17, 15) is 0 Å². The van der Waals surface area contributed by atoms with Gasteiger partial charge in [-0.1, -0.05) is 268 Å². The normalized spacial score (nSPS) is 12.5. The van der Waals surface area contributed by atoms with E-state index < -0.39 is 0 Å². The van der Waals surface area contributed by atoms with Gasteiger partial charge in [-0.25, -0.2) is 0 Å². The number of anilines is 6. The molecule has 2 aliphatic heterocycles. The molecule has 0 bridgehead atoms. The first-order valence-corrected chi connectivity index (χ1v) is 30.5. The number of para-hydroxylation sites is 6. The van der Waals surface area contributed by atoms with Crippen LogP contribution in [0.15, 0.2) is 300 Å². The Morgan fingerprint density at radius 2 is 0.667 bits per heavy atom. The number of rotatable bonds is 11. The Morgan fingerprint density at radius 3 is 1.07 bits per heavy atom. The van der Waals surface area contributed by atoms with Gasteiger partial charge in [-0.05, 0) is 105 Å². The lowest BCUT2D eigenvalue weighted by Crippen LogP contribution is -2.61. The number of furan rings is 2. The van der Waals surface area contributed by atoms with Gasteiger partial charge in [0, 0.05) is 77.7 Å². The molecule has 5 heteroatoms. The van der Waals surface area contributed by atoms with Crippen LogP contribution in [0.1, 0.15) is 25.3 Å². The van der Waals surface area contributed by atoms with E-state index in [1.165, 1.54) is 33.3 Å². The zero-order valence-electron chi connectivity index (χ0n) is 48.1. The van der Waals surface area contributed by atoms with Crippen molar-refractivity contribution in [3.63, 3.8) is 0 Å². The minimum atomic E-state index is -0.245. The lowest BCUT2D eigenvalue weighted by atomic mass is 9.33. The molecule has 0 unspecified atom stereocenters. The summed E-state index contributed by atoms with van der Waals surface area (Å²) in [5, 5.41) is 4.43. The molecule has 0 fully saturated rings. The van der Waals surface area contributed by atoms with Gasteiger partial charge in [-0.3, -0.25) is 0 Å². The maximum Gasteiger partial charge on any atom is 0.252 e. The van der Waals surface area contributed by atoms with Crippen LogP contribution in [0.2, 0.25) is 0 Å². The molecule has 0 saturated heterocycles. The van der Waals surface area contributed by atoms with Crippen LogP contribution in [0.5, 0.6) is 0 Å². The van der Waals surface area contributed by atoms with Crippen LogP contribution in [-0.2, 0) is 6.42 Å². The first-order chi connectivity index (χ1) is 43.1. The molecule has 15 aromatic rings. The van der Waals surface area contributed by atoms with Gasteiger partial charge in [0.1, 0.15) is 22.3 Å². The zero-order chi connectivity index (χ0) is 57.5. The number of fused-ring (bicyclic) bond motifs is 10. The molecule has 4 heterocycles. The van der Waals surface area contributed by atoms with Crippen molar-refractivity contribution < 1.29 is 8.83 Å². The molecule has 4 nitrogen and oxygen atoms in total. The molecular weight excluding hydrogens is 1060 g/mol. The number of hydrogen-bond donors (Lipinski definition) is 0. The summed E-state index contributed by atoms with van der Waals surface area (Å²) in [7, 11) is 0. The predicted molar refractivity (Wildman–Crippen MR) is 366 cm³/mol. The molecule has 87 heavy (non-hydrogen) atoms. The second-order valence-electron chi connectivity index (χ2n) is 23.2. The van der Waals surface area contributed by atoms with E-state index in [1.54, 1.807) is 0 Å². The second kappa shape index (κ2) is 20.7. The standard InChI is InChI=1S/C82H57BN2O2/c1-2-3-24-53-49-74-78-75(50-53)85(80-62(56-29-12-6-13-30-56)37-21-38-63(80)57-31-14-7-15-32-57)73-48-46-59(65-40-23-42-69-67-34-17-19-44-77(67)87-82(65)69)52-71(73)83(78)70-51-58(64-39-22-41-68-66-33-16-18-43-76(66)86-81(64)68)45-47-72(70)84(74)79-60(54-25-8-4-9-26-54)35-20-36-61(79)55-27-10-5-11-28-55/h4-23,25-52H,2-3,24H2,1H3. The molecule has 0 N–H and O–H groups in total. The van der Waals surface area contributed by atoms with Gasteiger partial charge in [0.05, 0.1) is 11.4 Å². The quantitative estimate of drug-likeness (QED) is 0.121. The third-order valence-corrected chi connectivity index (χ3v) is 18.2. The molecule has 0 saturated carbocycles. The van der Waals surface area contributed by atoms with E-state index in [0.717, 1.165) is 153 Å². The summed E-state index contributed by atoms with van der Waals surface area (Å²) in [5.74, 6) is 0. The van der Waals surface area contributed by atoms with Crippen molar-refractivity contribution in [2.24, 2.45) is 0 Å². The van der Waals surface area contributed by atoms with Crippen LogP contribution in [-0.4, -0.2) is 6.71 Å². The lowest BCUT2D eigenvalue weighted by Gasteiger charge is -2.46. The van der Waals surface area contributed by atoms with Gasteiger partial charge < -0.3 is 18.6 Å². The summed E-state index contributed by atoms with van der Waals surface area (Å²) in [4.78, 5) is 5.30. The van der Waals surface area contributed by atoms with Crippen LogP contribution in [0.25, 0.3) is 111 Å². The van der Waals surface area contributed by atoms with Crippen LogP contribution in [0, 0.1) is 0 Å². The largest absolute Gasteiger partial charge is 0.455 e. The molecule has 0 amide bonds. The Morgan fingerprint density at radius 1 is 0.310 bits per heavy atom. The highest BCUT2D eigenvalue weighted by atomic mass is 16.3. The number of hydrogen-bond acceptors (Lipinski definition) is 4. The molecule has 2 aliphatic rings. The van der Waals surface area contributed by atoms with Crippen molar-refractivity contribution in [3.05, 3.63) is 297 Å². The fourth-order valence-electron chi connectivity index (χ4n) is 14.3. The van der Waals surface area contributed by atoms with Gasteiger partial charge in [0.2, 0.25) is 0 Å². The summed E-state index contributed by atoms with van der Waals surface area (Å²) in [6.07, 6.45) is 3.04. The topological polar surface area (TPSA) is 32.8 Å². The molecule has 0 spiro atoms. The van der Waals surface area contributed by atoms with Crippen molar-refractivity contribution >= 4 is 101 Å². The van der Waals surface area contributed by atoms with Crippen LogP contribution < -0.4 is 26.2 Å². The zero-order valence-corrected chi connectivity index (χ0v) is 48.1.